The maximum absolute atomic E-state index is 10.2. The van der Waals surface area contributed by atoms with Gasteiger partial charge in [-0.25, -0.2) is 5.01 Å². The molecular formula is C10H12N2O. The molecule has 0 saturated carbocycles. The molecular weight excluding hydrogens is 164 g/mol. The standard InChI is InChI=1S/C10H12N2O/c1-8-3-2-4-9-5-12(11-7-13)6-10(8)9/h2-4,7H,5-6H2,1H3,(H,11,13). The van der Waals surface area contributed by atoms with Crippen molar-refractivity contribution in [1.29, 1.82) is 0 Å². The normalized spacial score (nSPS) is 15.5. The molecule has 1 heterocycles. The van der Waals surface area contributed by atoms with Gasteiger partial charge in [0.25, 0.3) is 0 Å². The first-order valence-corrected chi connectivity index (χ1v) is 4.33. The fourth-order valence-electron chi connectivity index (χ4n) is 1.76. The van der Waals surface area contributed by atoms with Gasteiger partial charge in [-0.05, 0) is 23.6 Å². The Morgan fingerprint density at radius 1 is 1.46 bits per heavy atom. The number of hydrogen-bond donors (Lipinski definition) is 1. The molecule has 0 unspecified atom stereocenters. The molecule has 1 aromatic rings. The highest BCUT2D eigenvalue weighted by atomic mass is 16.1. The second kappa shape index (κ2) is 3.18. The molecule has 2 rings (SSSR count). The first kappa shape index (κ1) is 8.26. The van der Waals surface area contributed by atoms with Gasteiger partial charge in [-0.2, -0.15) is 0 Å². The van der Waals surface area contributed by atoms with Gasteiger partial charge < -0.3 is 0 Å². The van der Waals surface area contributed by atoms with E-state index in [-0.39, 0.29) is 0 Å². The van der Waals surface area contributed by atoms with E-state index >= 15 is 0 Å². The van der Waals surface area contributed by atoms with Gasteiger partial charge in [-0.3, -0.25) is 10.2 Å². The first-order valence-electron chi connectivity index (χ1n) is 4.33. The Kier molecular flexibility index (Phi) is 2.02. The third-order valence-corrected chi connectivity index (χ3v) is 2.45. The van der Waals surface area contributed by atoms with Crippen molar-refractivity contribution in [3.05, 3.63) is 34.9 Å². The molecule has 3 nitrogen and oxygen atoms in total. The number of hydrogen-bond acceptors (Lipinski definition) is 2. The van der Waals surface area contributed by atoms with Crippen LogP contribution in [0.15, 0.2) is 18.2 Å². The average molecular weight is 176 g/mol. The molecule has 0 fully saturated rings. The predicted molar refractivity (Wildman–Crippen MR) is 49.6 cm³/mol. The monoisotopic (exact) mass is 176 g/mol. The number of carbonyl (C=O) groups is 1. The SMILES string of the molecule is Cc1cccc2c1CN(NC=O)C2. The number of nitrogens with zero attached hydrogens (tertiary/aromatic N) is 1. The minimum absolute atomic E-state index is 0.723. The Morgan fingerprint density at radius 3 is 3.00 bits per heavy atom. The van der Waals surface area contributed by atoms with Crippen molar-refractivity contribution in [3.63, 3.8) is 0 Å². The van der Waals surface area contributed by atoms with Crippen LogP contribution in [0.3, 0.4) is 0 Å². The van der Waals surface area contributed by atoms with Crippen molar-refractivity contribution in [2.24, 2.45) is 0 Å². The van der Waals surface area contributed by atoms with Gasteiger partial charge in [-0.1, -0.05) is 18.2 Å². The third-order valence-electron chi connectivity index (χ3n) is 2.45. The summed E-state index contributed by atoms with van der Waals surface area (Å²) in [4.78, 5) is 10.2. The van der Waals surface area contributed by atoms with E-state index in [0.717, 1.165) is 19.5 Å². The molecule has 1 amide bonds. The van der Waals surface area contributed by atoms with E-state index in [4.69, 9.17) is 0 Å². The van der Waals surface area contributed by atoms with Crippen LogP contribution in [-0.4, -0.2) is 11.4 Å². The van der Waals surface area contributed by atoms with Crippen molar-refractivity contribution in [2.45, 2.75) is 20.0 Å². The minimum atomic E-state index is 0.723. The highest BCUT2D eigenvalue weighted by molar-refractivity contribution is 5.46. The molecule has 0 aliphatic carbocycles. The van der Waals surface area contributed by atoms with Crippen molar-refractivity contribution in [1.82, 2.24) is 10.4 Å². The maximum Gasteiger partial charge on any atom is 0.221 e. The number of rotatable bonds is 2. The molecule has 1 N–H and O–H groups in total. The van der Waals surface area contributed by atoms with E-state index in [2.05, 4.69) is 30.5 Å². The molecule has 0 radical (unpaired) electrons. The minimum Gasteiger partial charge on any atom is -0.291 e. The summed E-state index contributed by atoms with van der Waals surface area (Å²) in [6.45, 7) is 3.74. The van der Waals surface area contributed by atoms with E-state index in [1.807, 2.05) is 5.01 Å². The summed E-state index contributed by atoms with van der Waals surface area (Å²) < 4.78 is 0. The lowest BCUT2D eigenvalue weighted by atomic mass is 10.1. The number of aryl methyl sites for hydroxylation is 1. The van der Waals surface area contributed by atoms with Crippen LogP contribution in [0.4, 0.5) is 0 Å². The van der Waals surface area contributed by atoms with Crippen LogP contribution in [0.25, 0.3) is 0 Å². The first-order chi connectivity index (χ1) is 6.31. The van der Waals surface area contributed by atoms with Crippen molar-refractivity contribution >= 4 is 6.41 Å². The lowest BCUT2D eigenvalue weighted by molar-refractivity contribution is -0.114. The lowest BCUT2D eigenvalue weighted by Crippen LogP contribution is -2.31. The van der Waals surface area contributed by atoms with Crippen LogP contribution >= 0.6 is 0 Å². The van der Waals surface area contributed by atoms with E-state index in [1.54, 1.807) is 0 Å². The number of fused-ring (bicyclic) bond motifs is 1. The lowest BCUT2D eigenvalue weighted by Gasteiger charge is -2.11. The van der Waals surface area contributed by atoms with E-state index in [1.165, 1.54) is 16.7 Å². The summed E-state index contributed by atoms with van der Waals surface area (Å²) in [5.74, 6) is 0. The highest BCUT2D eigenvalue weighted by Gasteiger charge is 2.18. The maximum atomic E-state index is 10.2. The Balaban J connectivity index is 2.24. The fraction of sp³-hybridized carbons (Fsp3) is 0.300. The van der Waals surface area contributed by atoms with E-state index < -0.39 is 0 Å². The molecule has 0 saturated heterocycles. The Bertz CT molecular complexity index is 336. The van der Waals surface area contributed by atoms with Crippen LogP contribution in [0.5, 0.6) is 0 Å². The zero-order chi connectivity index (χ0) is 9.26. The Morgan fingerprint density at radius 2 is 2.31 bits per heavy atom. The molecule has 0 atom stereocenters. The molecule has 1 aromatic carbocycles. The van der Waals surface area contributed by atoms with E-state index in [0.29, 0.717) is 0 Å². The summed E-state index contributed by atoms with van der Waals surface area (Å²) in [5, 5.41) is 1.91. The van der Waals surface area contributed by atoms with Crippen LogP contribution in [0, 0.1) is 6.92 Å². The van der Waals surface area contributed by atoms with Crippen LogP contribution in [-0.2, 0) is 17.9 Å². The molecule has 1 aliphatic heterocycles. The summed E-state index contributed by atoms with van der Waals surface area (Å²) in [7, 11) is 0. The van der Waals surface area contributed by atoms with Gasteiger partial charge >= 0.3 is 0 Å². The molecule has 1 aliphatic rings. The van der Waals surface area contributed by atoms with E-state index in [9.17, 15) is 4.79 Å². The summed E-state index contributed by atoms with van der Waals surface area (Å²) in [6, 6.07) is 6.26. The summed E-state index contributed by atoms with van der Waals surface area (Å²) >= 11 is 0. The number of benzene rings is 1. The van der Waals surface area contributed by atoms with Gasteiger partial charge in [0.1, 0.15) is 0 Å². The molecule has 0 spiro atoms. The van der Waals surface area contributed by atoms with Crippen molar-refractivity contribution in [3.8, 4) is 0 Å². The topological polar surface area (TPSA) is 32.3 Å². The summed E-state index contributed by atoms with van der Waals surface area (Å²) in [5.41, 5.74) is 6.63. The molecule has 0 aromatic heterocycles. The van der Waals surface area contributed by atoms with Gasteiger partial charge in [0.05, 0.1) is 0 Å². The van der Waals surface area contributed by atoms with Gasteiger partial charge in [0, 0.05) is 13.1 Å². The molecule has 0 bridgehead atoms. The van der Waals surface area contributed by atoms with Crippen LogP contribution in [0.2, 0.25) is 0 Å². The fourth-order valence-corrected chi connectivity index (χ4v) is 1.76. The predicted octanol–water partition coefficient (Wildman–Crippen LogP) is 0.972. The number of hydrazine groups is 1. The highest BCUT2D eigenvalue weighted by Crippen LogP contribution is 2.23. The van der Waals surface area contributed by atoms with Gasteiger partial charge in [-0.15, -0.1) is 0 Å². The van der Waals surface area contributed by atoms with Gasteiger partial charge in [0.2, 0.25) is 6.41 Å². The second-order valence-electron chi connectivity index (χ2n) is 3.32. The Hall–Kier alpha value is -1.35. The number of carbonyl (C=O) groups excluding carboxylic acids is 1. The Labute approximate surface area is 77.3 Å². The average Bonchev–Trinajstić information content (AvgIpc) is 2.49. The molecule has 13 heavy (non-hydrogen) atoms. The zero-order valence-electron chi connectivity index (χ0n) is 7.58. The number of nitrogens with one attached hydrogen (secondary N) is 1. The quantitative estimate of drug-likeness (QED) is 0.681. The number of amides is 1. The van der Waals surface area contributed by atoms with Crippen molar-refractivity contribution in [2.75, 3.05) is 0 Å². The smallest absolute Gasteiger partial charge is 0.221 e. The summed E-state index contributed by atoms with van der Waals surface area (Å²) in [6.07, 6.45) is 0.723. The largest absolute Gasteiger partial charge is 0.291 e. The third kappa shape index (κ3) is 1.42. The second-order valence-corrected chi connectivity index (χ2v) is 3.32. The van der Waals surface area contributed by atoms with Gasteiger partial charge in [0.15, 0.2) is 0 Å². The van der Waals surface area contributed by atoms with Crippen molar-refractivity contribution < 1.29 is 4.79 Å². The molecule has 68 valence electrons. The van der Waals surface area contributed by atoms with Crippen LogP contribution < -0.4 is 5.43 Å². The van der Waals surface area contributed by atoms with Crippen LogP contribution in [0.1, 0.15) is 16.7 Å². The molecule has 3 heteroatoms. The zero-order valence-corrected chi connectivity index (χ0v) is 7.58.